The quantitative estimate of drug-likeness (QED) is 0.679. The minimum Gasteiger partial charge on any atom is -0.351 e. The second kappa shape index (κ2) is 8.96. The average Bonchev–Trinajstić information content (AvgIpc) is 3.06. The Kier molecular flexibility index (Phi) is 6.29. The van der Waals surface area contributed by atoms with E-state index in [0.717, 1.165) is 32.4 Å². The third kappa shape index (κ3) is 5.07. The Morgan fingerprint density at radius 1 is 1.06 bits per heavy atom. The number of nitrogens with zero attached hydrogens (tertiary/aromatic N) is 2. The first-order chi connectivity index (χ1) is 14.8. The zero-order valence-corrected chi connectivity index (χ0v) is 18.2. The van der Waals surface area contributed by atoms with Crippen molar-refractivity contribution >= 4 is 38.9 Å². The number of likely N-dealkylation sites (tertiary alicyclic amines) is 1. The summed E-state index contributed by atoms with van der Waals surface area (Å²) in [4.78, 5) is 40.8. The monoisotopic (exact) mass is 448 g/mol. The minimum absolute atomic E-state index is 0.0532. The number of fused-ring (bicyclic) bond motifs is 1. The molecule has 3 aliphatic rings. The van der Waals surface area contributed by atoms with E-state index in [2.05, 4.69) is 15.5 Å². The van der Waals surface area contributed by atoms with E-state index >= 15 is 0 Å². The van der Waals surface area contributed by atoms with Gasteiger partial charge in [-0.1, -0.05) is 18.6 Å². The predicted octanol–water partition coefficient (Wildman–Crippen LogP) is 0.520. The van der Waals surface area contributed by atoms with Crippen LogP contribution in [0.2, 0.25) is 0 Å². The molecule has 0 aromatic heterocycles. The summed E-state index contributed by atoms with van der Waals surface area (Å²) in [6, 6.07) is 6.37. The van der Waals surface area contributed by atoms with E-state index in [4.69, 9.17) is 0 Å². The van der Waals surface area contributed by atoms with Gasteiger partial charge in [-0.15, -0.1) is 0 Å². The standard InChI is InChI=1S/C21H28N4O5S/c26-19(23-16-13-31(29,30)14-18(16)24-10-4-1-5-11-24)8-9-21(28)25-12-20(27)22-15-6-2-3-7-17(15)25/h2-3,6-7,16,18H,1,4-5,8-14H2,(H,22,27)(H,23,26). The van der Waals surface area contributed by atoms with E-state index in [9.17, 15) is 22.8 Å². The van der Waals surface area contributed by atoms with Crippen LogP contribution in [-0.2, 0) is 24.2 Å². The fourth-order valence-corrected chi connectivity index (χ4v) is 6.62. The van der Waals surface area contributed by atoms with Crippen molar-refractivity contribution in [3.8, 4) is 0 Å². The smallest absolute Gasteiger partial charge is 0.244 e. The number of piperidine rings is 1. The molecule has 1 aromatic carbocycles. The van der Waals surface area contributed by atoms with E-state index in [1.807, 2.05) is 0 Å². The zero-order valence-electron chi connectivity index (χ0n) is 17.4. The Morgan fingerprint density at radius 2 is 1.81 bits per heavy atom. The Hall–Kier alpha value is -2.46. The first-order valence-corrected chi connectivity index (χ1v) is 12.6. The molecule has 4 rings (SSSR count). The highest BCUT2D eigenvalue weighted by atomic mass is 32.2. The third-order valence-electron chi connectivity index (χ3n) is 6.17. The molecule has 31 heavy (non-hydrogen) atoms. The van der Waals surface area contributed by atoms with Crippen LogP contribution in [0.25, 0.3) is 0 Å². The number of carbonyl (C=O) groups excluding carboxylic acids is 3. The van der Waals surface area contributed by atoms with Crippen molar-refractivity contribution < 1.29 is 22.8 Å². The first-order valence-electron chi connectivity index (χ1n) is 10.8. The normalized spacial score (nSPS) is 25.5. The molecule has 3 amide bonds. The summed E-state index contributed by atoms with van der Waals surface area (Å²) in [5.41, 5.74) is 1.18. The lowest BCUT2D eigenvalue weighted by atomic mass is 10.0. The van der Waals surface area contributed by atoms with Gasteiger partial charge < -0.3 is 15.5 Å². The molecular formula is C21H28N4O5S. The average molecular weight is 449 g/mol. The topological polar surface area (TPSA) is 116 Å². The summed E-state index contributed by atoms with van der Waals surface area (Å²) >= 11 is 0. The number of rotatable bonds is 5. The maximum absolute atomic E-state index is 12.7. The highest BCUT2D eigenvalue weighted by Gasteiger charge is 2.42. The van der Waals surface area contributed by atoms with Crippen LogP contribution in [0.4, 0.5) is 11.4 Å². The van der Waals surface area contributed by atoms with Crippen LogP contribution >= 0.6 is 0 Å². The van der Waals surface area contributed by atoms with Crippen molar-refractivity contribution in [2.45, 2.75) is 44.2 Å². The molecule has 0 spiro atoms. The Morgan fingerprint density at radius 3 is 2.58 bits per heavy atom. The lowest BCUT2D eigenvalue weighted by molar-refractivity contribution is -0.126. The van der Waals surface area contributed by atoms with Crippen molar-refractivity contribution in [3.63, 3.8) is 0 Å². The van der Waals surface area contributed by atoms with Gasteiger partial charge in [-0.2, -0.15) is 0 Å². The number of sulfone groups is 1. The molecule has 2 saturated heterocycles. The number of nitrogens with one attached hydrogen (secondary N) is 2. The molecule has 2 atom stereocenters. The molecule has 168 valence electrons. The van der Waals surface area contributed by atoms with Crippen LogP contribution < -0.4 is 15.5 Å². The summed E-state index contributed by atoms with van der Waals surface area (Å²) in [6.45, 7) is 1.61. The molecule has 0 bridgehead atoms. The van der Waals surface area contributed by atoms with Crippen LogP contribution in [0, 0.1) is 0 Å². The molecular weight excluding hydrogens is 420 g/mol. The summed E-state index contributed by atoms with van der Waals surface area (Å²) in [5.74, 6) is -0.933. The molecule has 0 radical (unpaired) electrons. The van der Waals surface area contributed by atoms with Gasteiger partial charge in [0.05, 0.1) is 28.9 Å². The summed E-state index contributed by atoms with van der Waals surface area (Å²) < 4.78 is 24.4. The highest BCUT2D eigenvalue weighted by Crippen LogP contribution is 2.29. The molecule has 9 nitrogen and oxygen atoms in total. The highest BCUT2D eigenvalue weighted by molar-refractivity contribution is 7.91. The Bertz CT molecular complexity index is 974. The van der Waals surface area contributed by atoms with Gasteiger partial charge in [0.25, 0.3) is 0 Å². The predicted molar refractivity (Wildman–Crippen MR) is 116 cm³/mol. The maximum Gasteiger partial charge on any atom is 0.244 e. The van der Waals surface area contributed by atoms with Crippen LogP contribution in [0.5, 0.6) is 0 Å². The molecule has 2 unspecified atom stereocenters. The van der Waals surface area contributed by atoms with Crippen LogP contribution in [0.15, 0.2) is 24.3 Å². The third-order valence-corrected chi connectivity index (χ3v) is 7.88. The van der Waals surface area contributed by atoms with E-state index in [1.54, 1.807) is 24.3 Å². The van der Waals surface area contributed by atoms with Gasteiger partial charge in [-0.05, 0) is 38.1 Å². The van der Waals surface area contributed by atoms with Crippen molar-refractivity contribution in [3.05, 3.63) is 24.3 Å². The van der Waals surface area contributed by atoms with Gasteiger partial charge >= 0.3 is 0 Å². The molecule has 3 heterocycles. The number of hydrogen-bond donors (Lipinski definition) is 2. The van der Waals surface area contributed by atoms with E-state index in [0.29, 0.717) is 11.4 Å². The molecule has 0 aliphatic carbocycles. The summed E-state index contributed by atoms with van der Waals surface area (Å²) in [6.07, 6.45) is 3.11. The van der Waals surface area contributed by atoms with E-state index in [1.165, 1.54) is 4.90 Å². The van der Waals surface area contributed by atoms with Gasteiger partial charge in [0.2, 0.25) is 17.7 Å². The molecule has 2 N–H and O–H groups in total. The van der Waals surface area contributed by atoms with E-state index < -0.39 is 15.9 Å². The Labute approximate surface area is 182 Å². The number of anilines is 2. The van der Waals surface area contributed by atoms with Gasteiger partial charge in [-0.25, -0.2) is 8.42 Å². The van der Waals surface area contributed by atoms with Crippen LogP contribution in [0.1, 0.15) is 32.1 Å². The fraction of sp³-hybridized carbons (Fsp3) is 0.571. The van der Waals surface area contributed by atoms with Crippen molar-refractivity contribution in [2.75, 3.05) is 41.4 Å². The second-order valence-electron chi connectivity index (χ2n) is 8.46. The molecule has 2 fully saturated rings. The van der Waals surface area contributed by atoms with Gasteiger partial charge in [0.1, 0.15) is 6.54 Å². The number of hydrogen-bond acceptors (Lipinski definition) is 6. The first kappa shape index (κ1) is 21.8. The number of amides is 3. The van der Waals surface area contributed by atoms with Gasteiger partial charge in [0, 0.05) is 18.9 Å². The van der Waals surface area contributed by atoms with Crippen LogP contribution in [0.3, 0.4) is 0 Å². The van der Waals surface area contributed by atoms with Crippen molar-refractivity contribution in [2.24, 2.45) is 0 Å². The number of carbonyl (C=O) groups is 3. The minimum atomic E-state index is -3.20. The van der Waals surface area contributed by atoms with Crippen molar-refractivity contribution in [1.29, 1.82) is 0 Å². The SMILES string of the molecule is O=C1CN(C(=O)CCC(=O)NC2CS(=O)(=O)CC2N2CCCCC2)c2ccccc2N1. The lowest BCUT2D eigenvalue weighted by Crippen LogP contribution is -2.52. The van der Waals surface area contributed by atoms with Crippen molar-refractivity contribution in [1.82, 2.24) is 10.2 Å². The van der Waals surface area contributed by atoms with Gasteiger partial charge in [-0.3, -0.25) is 19.3 Å². The second-order valence-corrected chi connectivity index (χ2v) is 10.6. The lowest BCUT2D eigenvalue weighted by Gasteiger charge is -2.35. The van der Waals surface area contributed by atoms with Gasteiger partial charge in [0.15, 0.2) is 9.84 Å². The fourth-order valence-electron chi connectivity index (χ4n) is 4.67. The largest absolute Gasteiger partial charge is 0.351 e. The number of para-hydroxylation sites is 2. The Balaban J connectivity index is 1.35. The molecule has 1 aromatic rings. The summed E-state index contributed by atoms with van der Waals surface area (Å²) in [5, 5.41) is 5.59. The molecule has 0 saturated carbocycles. The molecule has 10 heteroatoms. The maximum atomic E-state index is 12.7. The van der Waals surface area contributed by atoms with Crippen LogP contribution in [-0.4, -0.2) is 74.3 Å². The zero-order chi connectivity index (χ0) is 22.0. The van der Waals surface area contributed by atoms with E-state index in [-0.39, 0.29) is 54.7 Å². The number of benzene rings is 1. The molecule has 3 aliphatic heterocycles. The summed E-state index contributed by atoms with van der Waals surface area (Å²) in [7, 11) is -3.20.